The maximum atomic E-state index is 13.6. The van der Waals surface area contributed by atoms with Crippen molar-refractivity contribution in [3.8, 4) is 17.1 Å². The van der Waals surface area contributed by atoms with Crippen molar-refractivity contribution in [1.29, 1.82) is 0 Å². The molecule has 0 amide bonds. The van der Waals surface area contributed by atoms with Gasteiger partial charge in [-0.2, -0.15) is 0 Å². The van der Waals surface area contributed by atoms with Crippen LogP contribution < -0.4 is 0 Å². The summed E-state index contributed by atoms with van der Waals surface area (Å²) in [5.74, 6) is -1.58. The molecule has 0 unspecified atom stereocenters. The third-order valence-electron chi connectivity index (χ3n) is 3.01. The molecule has 2 N–H and O–H groups in total. The van der Waals surface area contributed by atoms with E-state index in [9.17, 15) is 14.3 Å². The van der Waals surface area contributed by atoms with E-state index in [2.05, 4.69) is 0 Å². The first kappa shape index (κ1) is 12.2. The zero-order chi connectivity index (χ0) is 14.3. The summed E-state index contributed by atoms with van der Waals surface area (Å²) < 4.78 is 18.9. The van der Waals surface area contributed by atoms with Crippen LogP contribution in [0.4, 0.5) is 4.39 Å². The lowest BCUT2D eigenvalue weighted by Crippen LogP contribution is -1.95. The van der Waals surface area contributed by atoms with Crippen LogP contribution in [0.25, 0.3) is 22.3 Å². The number of carbonyl (C=O) groups is 1. The Morgan fingerprint density at radius 2 is 1.95 bits per heavy atom. The van der Waals surface area contributed by atoms with Crippen molar-refractivity contribution in [3.63, 3.8) is 0 Å². The third-order valence-corrected chi connectivity index (χ3v) is 3.01. The standard InChI is InChI=1S/C15H9FO4/c16-11-3-1-2-8-7-13(20-14(8)11)10-5-4-9(15(18)19)6-12(10)17/h1-7,17H,(H,18,19). The lowest BCUT2D eigenvalue weighted by atomic mass is 10.1. The van der Waals surface area contributed by atoms with Gasteiger partial charge in [0.15, 0.2) is 11.4 Å². The van der Waals surface area contributed by atoms with Crippen molar-refractivity contribution < 1.29 is 23.8 Å². The van der Waals surface area contributed by atoms with E-state index in [1.165, 1.54) is 18.2 Å². The van der Waals surface area contributed by atoms with E-state index in [-0.39, 0.29) is 22.7 Å². The number of carboxylic acid groups (broad SMARTS) is 1. The van der Waals surface area contributed by atoms with Gasteiger partial charge in [-0.25, -0.2) is 9.18 Å². The van der Waals surface area contributed by atoms with Crippen LogP contribution in [0.3, 0.4) is 0 Å². The second-order valence-electron chi connectivity index (χ2n) is 4.31. The number of phenolic OH excluding ortho intramolecular Hbond substituents is 1. The number of para-hydroxylation sites is 1. The van der Waals surface area contributed by atoms with Crippen LogP contribution in [0.2, 0.25) is 0 Å². The maximum absolute atomic E-state index is 13.6. The van der Waals surface area contributed by atoms with E-state index >= 15 is 0 Å². The maximum Gasteiger partial charge on any atom is 0.335 e. The van der Waals surface area contributed by atoms with E-state index in [1.54, 1.807) is 18.2 Å². The van der Waals surface area contributed by atoms with Crippen LogP contribution in [0, 0.1) is 5.82 Å². The minimum Gasteiger partial charge on any atom is -0.507 e. The molecule has 2 aromatic carbocycles. The molecule has 0 bridgehead atoms. The highest BCUT2D eigenvalue weighted by molar-refractivity contribution is 5.90. The quantitative estimate of drug-likeness (QED) is 0.747. The Balaban J connectivity index is 2.16. The number of aromatic hydroxyl groups is 1. The summed E-state index contributed by atoms with van der Waals surface area (Å²) in [7, 11) is 0. The lowest BCUT2D eigenvalue weighted by Gasteiger charge is -2.02. The van der Waals surface area contributed by atoms with Gasteiger partial charge in [0.05, 0.1) is 11.1 Å². The molecule has 3 aromatic rings. The van der Waals surface area contributed by atoms with Crippen LogP contribution in [0.5, 0.6) is 5.75 Å². The minimum atomic E-state index is -1.14. The van der Waals surface area contributed by atoms with E-state index in [0.29, 0.717) is 10.9 Å². The van der Waals surface area contributed by atoms with E-state index in [4.69, 9.17) is 9.52 Å². The van der Waals surface area contributed by atoms with Crippen LogP contribution in [-0.2, 0) is 0 Å². The highest BCUT2D eigenvalue weighted by atomic mass is 19.1. The molecule has 0 aliphatic heterocycles. The molecule has 1 heterocycles. The van der Waals surface area contributed by atoms with Crippen LogP contribution in [0.15, 0.2) is 46.9 Å². The molecule has 0 spiro atoms. The predicted octanol–water partition coefficient (Wildman–Crippen LogP) is 3.64. The Morgan fingerprint density at radius 3 is 2.60 bits per heavy atom. The molecular formula is C15H9FO4. The average Bonchev–Trinajstić information content (AvgIpc) is 2.83. The van der Waals surface area contributed by atoms with Crippen LogP contribution in [0.1, 0.15) is 10.4 Å². The number of rotatable bonds is 2. The number of aromatic carboxylic acids is 1. The van der Waals surface area contributed by atoms with Crippen molar-refractivity contribution in [1.82, 2.24) is 0 Å². The fraction of sp³-hybridized carbons (Fsp3) is 0. The first-order chi connectivity index (χ1) is 9.56. The molecule has 3 rings (SSSR count). The van der Waals surface area contributed by atoms with Gasteiger partial charge in [0.25, 0.3) is 0 Å². The van der Waals surface area contributed by atoms with Crippen molar-refractivity contribution in [2.24, 2.45) is 0 Å². The topological polar surface area (TPSA) is 70.7 Å². The van der Waals surface area contributed by atoms with Crippen molar-refractivity contribution in [2.75, 3.05) is 0 Å². The van der Waals surface area contributed by atoms with Gasteiger partial charge >= 0.3 is 5.97 Å². The summed E-state index contributed by atoms with van der Waals surface area (Å²) in [5, 5.41) is 19.3. The molecule has 20 heavy (non-hydrogen) atoms. The van der Waals surface area contributed by atoms with Crippen molar-refractivity contribution in [3.05, 3.63) is 53.8 Å². The SMILES string of the molecule is O=C(O)c1ccc(-c2cc3cccc(F)c3o2)c(O)c1. The molecular weight excluding hydrogens is 263 g/mol. The van der Waals surface area contributed by atoms with E-state index in [1.807, 2.05) is 0 Å². The van der Waals surface area contributed by atoms with Crippen LogP contribution >= 0.6 is 0 Å². The lowest BCUT2D eigenvalue weighted by molar-refractivity contribution is 0.0696. The molecule has 0 fully saturated rings. The molecule has 0 aliphatic rings. The smallest absolute Gasteiger partial charge is 0.335 e. The number of hydrogen-bond donors (Lipinski definition) is 2. The number of carboxylic acids is 1. The van der Waals surface area contributed by atoms with E-state index < -0.39 is 11.8 Å². The highest BCUT2D eigenvalue weighted by Crippen LogP contribution is 2.34. The second-order valence-corrected chi connectivity index (χ2v) is 4.31. The summed E-state index contributed by atoms with van der Waals surface area (Å²) in [6, 6.07) is 10.0. The zero-order valence-corrected chi connectivity index (χ0v) is 10.1. The number of furan rings is 1. The fourth-order valence-corrected chi connectivity index (χ4v) is 2.03. The van der Waals surface area contributed by atoms with Gasteiger partial charge in [-0.1, -0.05) is 12.1 Å². The molecule has 0 radical (unpaired) electrons. The van der Waals surface area contributed by atoms with Crippen LogP contribution in [-0.4, -0.2) is 16.2 Å². The molecule has 100 valence electrons. The molecule has 5 heteroatoms. The first-order valence-corrected chi connectivity index (χ1v) is 5.81. The molecule has 0 atom stereocenters. The highest BCUT2D eigenvalue weighted by Gasteiger charge is 2.14. The molecule has 0 saturated heterocycles. The molecule has 1 aromatic heterocycles. The van der Waals surface area contributed by atoms with Gasteiger partial charge in [-0.15, -0.1) is 0 Å². The number of benzene rings is 2. The summed E-state index contributed by atoms with van der Waals surface area (Å²) >= 11 is 0. The zero-order valence-electron chi connectivity index (χ0n) is 10.1. The Bertz CT molecular complexity index is 820. The second kappa shape index (κ2) is 4.38. The summed E-state index contributed by atoms with van der Waals surface area (Å²) in [6.07, 6.45) is 0. The monoisotopic (exact) mass is 272 g/mol. The van der Waals surface area contributed by atoms with Gasteiger partial charge in [-0.3, -0.25) is 0 Å². The summed E-state index contributed by atoms with van der Waals surface area (Å²) in [5.41, 5.74) is 0.378. The normalized spacial score (nSPS) is 10.8. The fourth-order valence-electron chi connectivity index (χ4n) is 2.03. The summed E-state index contributed by atoms with van der Waals surface area (Å²) in [6.45, 7) is 0. The Kier molecular flexibility index (Phi) is 2.68. The minimum absolute atomic E-state index is 0.0338. The first-order valence-electron chi connectivity index (χ1n) is 5.81. The van der Waals surface area contributed by atoms with Gasteiger partial charge in [0.2, 0.25) is 0 Å². The van der Waals surface area contributed by atoms with Gasteiger partial charge in [-0.05, 0) is 30.3 Å². The Hall–Kier alpha value is -2.82. The number of fused-ring (bicyclic) bond motifs is 1. The van der Waals surface area contributed by atoms with Gasteiger partial charge in [0, 0.05) is 5.39 Å². The van der Waals surface area contributed by atoms with Gasteiger partial charge < -0.3 is 14.6 Å². The number of hydrogen-bond acceptors (Lipinski definition) is 3. The average molecular weight is 272 g/mol. The Labute approximate surface area is 112 Å². The number of halogens is 1. The largest absolute Gasteiger partial charge is 0.507 e. The van der Waals surface area contributed by atoms with Gasteiger partial charge in [0.1, 0.15) is 11.5 Å². The molecule has 0 saturated carbocycles. The van der Waals surface area contributed by atoms with E-state index in [0.717, 1.165) is 6.07 Å². The van der Waals surface area contributed by atoms with Crippen molar-refractivity contribution >= 4 is 16.9 Å². The summed E-state index contributed by atoms with van der Waals surface area (Å²) in [4.78, 5) is 10.8. The molecule has 0 aliphatic carbocycles. The predicted molar refractivity (Wildman–Crippen MR) is 70.2 cm³/mol. The third kappa shape index (κ3) is 1.89. The number of phenols is 1. The van der Waals surface area contributed by atoms with Crippen molar-refractivity contribution in [2.45, 2.75) is 0 Å². The molecule has 4 nitrogen and oxygen atoms in total. The Morgan fingerprint density at radius 1 is 1.15 bits per heavy atom.